The highest BCUT2D eigenvalue weighted by Gasteiger charge is 2.27. The Hall–Kier alpha value is -0.430. The Balaban J connectivity index is 1.60. The zero-order valence-electron chi connectivity index (χ0n) is 9.76. The van der Waals surface area contributed by atoms with Gasteiger partial charge in [-0.2, -0.15) is 11.3 Å². The summed E-state index contributed by atoms with van der Waals surface area (Å²) in [5.41, 5.74) is 1.34. The van der Waals surface area contributed by atoms with Crippen LogP contribution in [0.2, 0.25) is 0 Å². The van der Waals surface area contributed by atoms with E-state index in [2.05, 4.69) is 22.1 Å². The summed E-state index contributed by atoms with van der Waals surface area (Å²) >= 11 is 1.71. The largest absolute Gasteiger partial charge is 0.315 e. The van der Waals surface area contributed by atoms with Gasteiger partial charge >= 0.3 is 0 Å². The molecule has 17 heavy (non-hydrogen) atoms. The van der Waals surface area contributed by atoms with Crippen LogP contribution in [0.3, 0.4) is 0 Å². The molecule has 0 saturated carbocycles. The maximum atomic E-state index is 11.5. The predicted octanol–water partition coefficient (Wildman–Crippen LogP) is 0.916. The molecule has 0 aliphatic carbocycles. The summed E-state index contributed by atoms with van der Waals surface area (Å²) in [6, 6.07) is 2.12. The van der Waals surface area contributed by atoms with E-state index in [0.29, 0.717) is 18.8 Å². The molecule has 2 rings (SSSR count). The summed E-state index contributed by atoms with van der Waals surface area (Å²) in [4.78, 5) is 0. The van der Waals surface area contributed by atoms with Crippen LogP contribution in [0.4, 0.5) is 0 Å². The molecule has 0 atom stereocenters. The van der Waals surface area contributed by atoms with Crippen molar-refractivity contribution in [3.63, 3.8) is 0 Å². The average Bonchev–Trinajstić information content (AvgIpc) is 2.88. The van der Waals surface area contributed by atoms with E-state index < -0.39 is 10.0 Å². The number of rotatable bonds is 6. The Morgan fingerprint density at radius 1 is 1.41 bits per heavy atom. The molecule has 2 heterocycles. The van der Waals surface area contributed by atoms with Crippen LogP contribution in [0.5, 0.6) is 0 Å². The third kappa shape index (κ3) is 3.77. The predicted molar refractivity (Wildman–Crippen MR) is 70.9 cm³/mol. The Morgan fingerprint density at radius 3 is 2.94 bits per heavy atom. The molecule has 1 aromatic rings. The van der Waals surface area contributed by atoms with Crippen molar-refractivity contribution in [2.45, 2.75) is 12.8 Å². The summed E-state index contributed by atoms with van der Waals surface area (Å²) in [5.74, 6) is 0.321. The van der Waals surface area contributed by atoms with Crippen molar-refractivity contribution in [3.05, 3.63) is 22.4 Å². The molecule has 96 valence electrons. The van der Waals surface area contributed by atoms with Crippen LogP contribution in [0.25, 0.3) is 0 Å². The van der Waals surface area contributed by atoms with Gasteiger partial charge in [0, 0.05) is 19.6 Å². The molecular formula is C11H18N2O2S2. The van der Waals surface area contributed by atoms with Crippen LogP contribution in [-0.2, 0) is 16.4 Å². The number of sulfonamides is 1. The number of hydrogen-bond acceptors (Lipinski definition) is 4. The lowest BCUT2D eigenvalue weighted by Crippen LogP contribution is -2.34. The Morgan fingerprint density at radius 2 is 2.29 bits per heavy atom. The lowest BCUT2D eigenvalue weighted by atomic mass is 10.2. The van der Waals surface area contributed by atoms with E-state index in [1.54, 1.807) is 15.6 Å². The second-order valence-corrected chi connectivity index (χ2v) is 7.07. The van der Waals surface area contributed by atoms with Gasteiger partial charge in [0.25, 0.3) is 0 Å². The molecule has 1 aromatic heterocycles. The van der Waals surface area contributed by atoms with Crippen LogP contribution >= 0.6 is 11.3 Å². The first-order chi connectivity index (χ1) is 8.18. The maximum absolute atomic E-state index is 11.5. The van der Waals surface area contributed by atoms with Gasteiger partial charge in [-0.3, -0.25) is 0 Å². The second-order valence-electron chi connectivity index (χ2n) is 4.20. The molecule has 0 spiro atoms. The topological polar surface area (TPSA) is 49.4 Å². The number of nitrogens with zero attached hydrogens (tertiary/aromatic N) is 1. The molecule has 0 aromatic carbocycles. The minimum atomic E-state index is -2.92. The molecule has 1 saturated heterocycles. The van der Waals surface area contributed by atoms with Gasteiger partial charge in [-0.25, -0.2) is 12.7 Å². The van der Waals surface area contributed by atoms with Gasteiger partial charge < -0.3 is 5.32 Å². The fourth-order valence-corrected chi connectivity index (χ4v) is 4.17. The van der Waals surface area contributed by atoms with E-state index in [1.165, 1.54) is 5.56 Å². The van der Waals surface area contributed by atoms with Gasteiger partial charge in [0.15, 0.2) is 0 Å². The molecule has 0 amide bonds. The van der Waals surface area contributed by atoms with Gasteiger partial charge in [-0.05, 0) is 41.8 Å². The monoisotopic (exact) mass is 274 g/mol. The highest BCUT2D eigenvalue weighted by molar-refractivity contribution is 7.89. The molecule has 1 fully saturated rings. The normalized spacial score (nSPS) is 19.8. The minimum Gasteiger partial charge on any atom is -0.315 e. The average molecular weight is 274 g/mol. The summed E-state index contributed by atoms with van der Waals surface area (Å²) < 4.78 is 24.6. The second kappa shape index (κ2) is 5.95. The molecule has 0 radical (unpaired) electrons. The van der Waals surface area contributed by atoms with Gasteiger partial charge in [-0.15, -0.1) is 0 Å². The van der Waals surface area contributed by atoms with E-state index in [9.17, 15) is 8.42 Å². The van der Waals surface area contributed by atoms with Crippen molar-refractivity contribution in [2.75, 3.05) is 31.9 Å². The standard InChI is InChI=1S/C11H18N2O2S2/c14-17(15)9-1-6-13(17)7-5-12-4-2-11-3-8-16-10-11/h3,8,10,12H,1-2,4-7,9H2. The van der Waals surface area contributed by atoms with Gasteiger partial charge in [-0.1, -0.05) is 0 Å². The van der Waals surface area contributed by atoms with E-state index >= 15 is 0 Å². The number of thiophene rings is 1. The maximum Gasteiger partial charge on any atom is 0.214 e. The molecule has 0 unspecified atom stereocenters. The van der Waals surface area contributed by atoms with Crippen LogP contribution in [0.1, 0.15) is 12.0 Å². The molecule has 6 heteroatoms. The van der Waals surface area contributed by atoms with Crippen LogP contribution in [0.15, 0.2) is 16.8 Å². The lowest BCUT2D eigenvalue weighted by molar-refractivity contribution is 0.435. The first kappa shape index (κ1) is 13.0. The van der Waals surface area contributed by atoms with E-state index in [1.807, 2.05) is 0 Å². The van der Waals surface area contributed by atoms with Crippen LogP contribution in [-0.4, -0.2) is 44.7 Å². The van der Waals surface area contributed by atoms with Crippen molar-refractivity contribution in [1.82, 2.24) is 9.62 Å². The lowest BCUT2D eigenvalue weighted by Gasteiger charge is -2.14. The highest BCUT2D eigenvalue weighted by Crippen LogP contribution is 2.11. The van der Waals surface area contributed by atoms with E-state index in [0.717, 1.165) is 25.9 Å². The fraction of sp³-hybridized carbons (Fsp3) is 0.636. The summed E-state index contributed by atoms with van der Waals surface area (Å²) in [6.07, 6.45) is 1.79. The first-order valence-electron chi connectivity index (χ1n) is 5.88. The van der Waals surface area contributed by atoms with Crippen LogP contribution in [0, 0.1) is 0 Å². The van der Waals surface area contributed by atoms with Crippen molar-refractivity contribution >= 4 is 21.4 Å². The summed E-state index contributed by atoms with van der Waals surface area (Å²) in [5, 5.41) is 7.51. The zero-order valence-corrected chi connectivity index (χ0v) is 11.4. The Bertz CT molecular complexity index is 428. The van der Waals surface area contributed by atoms with Crippen molar-refractivity contribution in [3.8, 4) is 0 Å². The Labute approximate surface area is 107 Å². The number of nitrogens with one attached hydrogen (secondary N) is 1. The van der Waals surface area contributed by atoms with Gasteiger partial charge in [0.1, 0.15) is 0 Å². The highest BCUT2D eigenvalue weighted by atomic mass is 32.2. The van der Waals surface area contributed by atoms with Crippen molar-refractivity contribution in [1.29, 1.82) is 0 Å². The van der Waals surface area contributed by atoms with Gasteiger partial charge in [0.05, 0.1) is 5.75 Å². The molecule has 1 N–H and O–H groups in total. The molecule has 1 aliphatic heterocycles. The SMILES string of the molecule is O=S1(=O)CCCN1CCNCCc1ccsc1. The molecular weight excluding hydrogens is 256 g/mol. The third-order valence-electron chi connectivity index (χ3n) is 2.91. The summed E-state index contributed by atoms with van der Waals surface area (Å²) in [7, 11) is -2.92. The van der Waals surface area contributed by atoms with E-state index in [4.69, 9.17) is 0 Å². The molecule has 1 aliphatic rings. The van der Waals surface area contributed by atoms with Crippen LogP contribution < -0.4 is 5.32 Å². The Kier molecular flexibility index (Phi) is 4.55. The minimum absolute atomic E-state index is 0.321. The summed E-state index contributed by atoms with van der Waals surface area (Å²) in [6.45, 7) is 2.94. The van der Waals surface area contributed by atoms with Gasteiger partial charge in [0.2, 0.25) is 10.0 Å². The molecule has 4 nitrogen and oxygen atoms in total. The smallest absolute Gasteiger partial charge is 0.214 e. The van der Waals surface area contributed by atoms with Crippen molar-refractivity contribution < 1.29 is 8.42 Å². The quantitative estimate of drug-likeness (QED) is 0.785. The van der Waals surface area contributed by atoms with Crippen molar-refractivity contribution in [2.24, 2.45) is 0 Å². The third-order valence-corrected chi connectivity index (χ3v) is 5.60. The fourth-order valence-electron chi connectivity index (χ4n) is 1.94. The number of hydrogen-bond donors (Lipinski definition) is 1. The molecule has 0 bridgehead atoms. The van der Waals surface area contributed by atoms with E-state index in [-0.39, 0.29) is 0 Å². The zero-order chi connectivity index (χ0) is 12.1. The first-order valence-corrected chi connectivity index (χ1v) is 8.43.